The molecule has 1 aliphatic rings. The first-order chi connectivity index (χ1) is 19.6. The van der Waals surface area contributed by atoms with Crippen LogP contribution in [0.3, 0.4) is 0 Å². The lowest BCUT2D eigenvalue weighted by atomic mass is 9.77. The highest BCUT2D eigenvalue weighted by molar-refractivity contribution is 6.00. The van der Waals surface area contributed by atoms with E-state index in [9.17, 15) is 9.59 Å². The van der Waals surface area contributed by atoms with Gasteiger partial charge in [-0.25, -0.2) is 0 Å². The van der Waals surface area contributed by atoms with Crippen molar-refractivity contribution in [2.45, 2.75) is 44.6 Å². The van der Waals surface area contributed by atoms with Crippen LogP contribution in [0.1, 0.15) is 59.8 Å². The largest absolute Gasteiger partial charge is 0.489 e. The highest BCUT2D eigenvalue weighted by Gasteiger charge is 2.24. The number of rotatable bonds is 10. The second kappa shape index (κ2) is 12.9. The van der Waals surface area contributed by atoms with E-state index in [1.807, 2.05) is 78.9 Å². The first-order valence-corrected chi connectivity index (χ1v) is 13.4. The molecule has 3 aromatic carbocycles. The van der Waals surface area contributed by atoms with Crippen LogP contribution in [0.25, 0.3) is 0 Å². The van der Waals surface area contributed by atoms with Crippen LogP contribution < -0.4 is 15.4 Å². The minimum Gasteiger partial charge on any atom is -0.489 e. The third-order valence-electron chi connectivity index (χ3n) is 7.12. The van der Waals surface area contributed by atoms with E-state index in [-0.39, 0.29) is 17.9 Å². The van der Waals surface area contributed by atoms with E-state index in [0.717, 1.165) is 31.2 Å². The molecule has 1 fully saturated rings. The molecule has 1 saturated carbocycles. The fourth-order valence-corrected chi connectivity index (χ4v) is 4.94. The maximum absolute atomic E-state index is 12.7. The van der Waals surface area contributed by atoms with Crippen molar-refractivity contribution in [1.29, 1.82) is 0 Å². The van der Waals surface area contributed by atoms with Crippen LogP contribution in [0.15, 0.2) is 83.3 Å². The van der Waals surface area contributed by atoms with Crippen molar-refractivity contribution >= 4 is 29.3 Å². The summed E-state index contributed by atoms with van der Waals surface area (Å²) in [4.78, 5) is 24.2. The first-order valence-electron chi connectivity index (χ1n) is 13.4. The predicted molar refractivity (Wildman–Crippen MR) is 151 cm³/mol. The van der Waals surface area contributed by atoms with Gasteiger partial charge in [0.25, 0.3) is 0 Å². The Kier molecular flexibility index (Phi) is 8.70. The standard InChI is InChI=1S/C31H32N4O5/c1-38-28(36)18-21-10-12-23(13-11-21)24-14-16-25(17-15-24)32-29(37)30-34-35-31(40-30)33-26-8-5-9-27(19-26)39-20-22-6-3-2-4-7-22/h2-9,14-17,19,21,23H,10-13,18,20H2,1H3,(H,32,37)(H,33,35). The molecular formula is C31H32N4O5. The molecule has 1 heterocycles. The zero-order chi connectivity index (χ0) is 27.7. The number of methoxy groups -OCH3 is 1. The molecule has 1 amide bonds. The number of carbonyl (C=O) groups is 2. The summed E-state index contributed by atoms with van der Waals surface area (Å²) < 4.78 is 16.2. The van der Waals surface area contributed by atoms with Crippen molar-refractivity contribution in [3.8, 4) is 5.75 Å². The molecule has 1 aliphatic carbocycles. The highest BCUT2D eigenvalue weighted by atomic mass is 16.5. The molecule has 40 heavy (non-hydrogen) atoms. The smallest absolute Gasteiger partial charge is 0.320 e. The van der Waals surface area contributed by atoms with Crippen LogP contribution in [0.5, 0.6) is 5.75 Å². The second-order valence-corrected chi connectivity index (χ2v) is 9.91. The van der Waals surface area contributed by atoms with Crippen molar-refractivity contribution in [3.63, 3.8) is 0 Å². The molecule has 4 aromatic rings. The molecule has 0 spiro atoms. The molecule has 9 heteroatoms. The number of carbonyl (C=O) groups excluding carboxylic acids is 2. The normalized spacial score (nSPS) is 16.6. The number of benzene rings is 3. The molecule has 0 unspecified atom stereocenters. The molecule has 0 atom stereocenters. The lowest BCUT2D eigenvalue weighted by Gasteiger charge is -2.28. The zero-order valence-corrected chi connectivity index (χ0v) is 22.3. The number of nitrogens with one attached hydrogen (secondary N) is 2. The SMILES string of the molecule is COC(=O)CC1CCC(c2ccc(NC(=O)c3nnc(Nc4cccc(OCc5ccccc5)c4)o3)cc2)CC1. The monoisotopic (exact) mass is 540 g/mol. The molecule has 0 radical (unpaired) electrons. The van der Waals surface area contributed by atoms with Crippen LogP contribution in [-0.4, -0.2) is 29.2 Å². The van der Waals surface area contributed by atoms with E-state index < -0.39 is 5.91 Å². The molecule has 0 saturated heterocycles. The van der Waals surface area contributed by atoms with Crippen LogP contribution in [0.2, 0.25) is 0 Å². The molecule has 0 aliphatic heterocycles. The number of nitrogens with zero attached hydrogens (tertiary/aromatic N) is 2. The molecule has 2 N–H and O–H groups in total. The Morgan fingerprint density at radius 1 is 0.900 bits per heavy atom. The van der Waals surface area contributed by atoms with E-state index in [4.69, 9.17) is 13.9 Å². The van der Waals surface area contributed by atoms with Gasteiger partial charge in [-0.05, 0) is 72.9 Å². The Labute approximate surface area is 232 Å². The van der Waals surface area contributed by atoms with E-state index in [2.05, 4.69) is 20.8 Å². The Bertz CT molecular complexity index is 1410. The molecule has 5 rings (SSSR count). The number of amides is 1. The molecule has 9 nitrogen and oxygen atoms in total. The number of anilines is 3. The van der Waals surface area contributed by atoms with E-state index in [0.29, 0.717) is 42.0 Å². The third kappa shape index (κ3) is 7.25. The number of ether oxygens (including phenoxy) is 2. The molecule has 0 bridgehead atoms. The Morgan fingerprint density at radius 2 is 1.68 bits per heavy atom. The lowest BCUT2D eigenvalue weighted by molar-refractivity contribution is -0.142. The molecule has 206 valence electrons. The van der Waals surface area contributed by atoms with Gasteiger partial charge in [0.1, 0.15) is 12.4 Å². The van der Waals surface area contributed by atoms with Crippen LogP contribution in [-0.2, 0) is 16.1 Å². The summed E-state index contributed by atoms with van der Waals surface area (Å²) in [5.41, 5.74) is 3.64. The van der Waals surface area contributed by atoms with Crippen LogP contribution in [0.4, 0.5) is 17.4 Å². The second-order valence-electron chi connectivity index (χ2n) is 9.91. The maximum atomic E-state index is 12.7. The quantitative estimate of drug-likeness (QED) is 0.220. The number of hydrogen-bond acceptors (Lipinski definition) is 8. The van der Waals surface area contributed by atoms with Crippen molar-refractivity contribution in [2.24, 2.45) is 5.92 Å². The average Bonchev–Trinajstić information content (AvgIpc) is 3.46. The van der Waals surface area contributed by atoms with Crippen molar-refractivity contribution in [3.05, 3.63) is 95.9 Å². The van der Waals surface area contributed by atoms with E-state index in [1.54, 1.807) is 0 Å². The fraction of sp³-hybridized carbons (Fsp3) is 0.290. The number of esters is 1. The van der Waals surface area contributed by atoms with Crippen molar-refractivity contribution in [2.75, 3.05) is 17.7 Å². The summed E-state index contributed by atoms with van der Waals surface area (Å²) >= 11 is 0. The minimum absolute atomic E-state index is 0.100. The van der Waals surface area contributed by atoms with Gasteiger partial charge in [0, 0.05) is 23.9 Å². The van der Waals surface area contributed by atoms with Gasteiger partial charge in [0.2, 0.25) is 0 Å². The molecule has 1 aromatic heterocycles. The van der Waals surface area contributed by atoms with Gasteiger partial charge in [-0.3, -0.25) is 9.59 Å². The summed E-state index contributed by atoms with van der Waals surface area (Å²) in [6.07, 6.45) is 4.59. The predicted octanol–water partition coefficient (Wildman–Crippen LogP) is 6.48. The maximum Gasteiger partial charge on any atom is 0.320 e. The van der Waals surface area contributed by atoms with Gasteiger partial charge in [-0.1, -0.05) is 53.6 Å². The summed E-state index contributed by atoms with van der Waals surface area (Å²) in [7, 11) is 1.44. The van der Waals surface area contributed by atoms with Crippen molar-refractivity contribution < 1.29 is 23.5 Å². The number of hydrogen-bond donors (Lipinski definition) is 2. The summed E-state index contributed by atoms with van der Waals surface area (Å²) in [5.74, 6) is 0.761. The summed E-state index contributed by atoms with van der Waals surface area (Å²) in [6.45, 7) is 0.453. The van der Waals surface area contributed by atoms with Gasteiger partial charge in [-0.2, -0.15) is 0 Å². The van der Waals surface area contributed by atoms with Crippen LogP contribution in [0, 0.1) is 5.92 Å². The number of aromatic nitrogens is 2. The first kappa shape index (κ1) is 26.9. The summed E-state index contributed by atoms with van der Waals surface area (Å²) in [6, 6.07) is 25.2. The lowest BCUT2D eigenvalue weighted by Crippen LogP contribution is -2.17. The van der Waals surface area contributed by atoms with E-state index >= 15 is 0 Å². The Balaban J connectivity index is 1.11. The zero-order valence-electron chi connectivity index (χ0n) is 22.3. The molecular weight excluding hydrogens is 508 g/mol. The summed E-state index contributed by atoms with van der Waals surface area (Å²) in [5, 5.41) is 13.6. The van der Waals surface area contributed by atoms with Gasteiger partial charge in [0.15, 0.2) is 0 Å². The van der Waals surface area contributed by atoms with Gasteiger partial charge < -0.3 is 24.5 Å². The van der Waals surface area contributed by atoms with Crippen molar-refractivity contribution in [1.82, 2.24) is 10.2 Å². The highest BCUT2D eigenvalue weighted by Crippen LogP contribution is 2.37. The Hall–Kier alpha value is -4.66. The van der Waals surface area contributed by atoms with Gasteiger partial charge >= 0.3 is 23.8 Å². The van der Waals surface area contributed by atoms with Gasteiger partial charge in [0.05, 0.1) is 7.11 Å². The fourth-order valence-electron chi connectivity index (χ4n) is 4.94. The van der Waals surface area contributed by atoms with E-state index in [1.165, 1.54) is 12.7 Å². The third-order valence-corrected chi connectivity index (χ3v) is 7.12. The van der Waals surface area contributed by atoms with Crippen LogP contribution >= 0.6 is 0 Å². The average molecular weight is 541 g/mol. The topological polar surface area (TPSA) is 116 Å². The van der Waals surface area contributed by atoms with Gasteiger partial charge in [-0.15, -0.1) is 5.10 Å². The minimum atomic E-state index is -0.489. The Morgan fingerprint density at radius 3 is 2.42 bits per heavy atom.